The molecule has 0 aromatic carbocycles. The number of carbonyl (C=O) groups is 1. The van der Waals surface area contributed by atoms with Crippen molar-refractivity contribution in [3.63, 3.8) is 0 Å². The van der Waals surface area contributed by atoms with Gasteiger partial charge in [0.2, 0.25) is 0 Å². The van der Waals surface area contributed by atoms with Crippen LogP contribution >= 0.6 is 0 Å². The highest BCUT2D eigenvalue weighted by atomic mass is 16.5. The summed E-state index contributed by atoms with van der Waals surface area (Å²) in [6.45, 7) is 10.6. The van der Waals surface area contributed by atoms with Crippen LogP contribution in [0.5, 0.6) is 0 Å². The van der Waals surface area contributed by atoms with Crippen LogP contribution in [-0.2, 0) is 9.53 Å². The van der Waals surface area contributed by atoms with Crippen LogP contribution in [0.25, 0.3) is 0 Å². The summed E-state index contributed by atoms with van der Waals surface area (Å²) in [6, 6.07) is 1.41. The van der Waals surface area contributed by atoms with Crippen molar-refractivity contribution >= 4 is 5.97 Å². The third kappa shape index (κ3) is 5.26. The Morgan fingerprint density at radius 1 is 1.29 bits per heavy atom. The van der Waals surface area contributed by atoms with E-state index in [1.807, 2.05) is 13.8 Å². The molecule has 3 atom stereocenters. The first-order valence-electron chi connectivity index (χ1n) is 8.53. The molecule has 0 radical (unpaired) electrons. The van der Waals surface area contributed by atoms with Crippen molar-refractivity contribution in [1.82, 2.24) is 10.2 Å². The van der Waals surface area contributed by atoms with Crippen molar-refractivity contribution in [2.75, 3.05) is 20.2 Å². The zero-order valence-corrected chi connectivity index (χ0v) is 14.6. The molecule has 1 saturated heterocycles. The van der Waals surface area contributed by atoms with E-state index in [-0.39, 0.29) is 5.97 Å². The number of nitrogens with zero attached hydrogens (tertiary/aromatic N) is 1. The van der Waals surface area contributed by atoms with E-state index >= 15 is 0 Å². The first-order valence-corrected chi connectivity index (χ1v) is 8.53. The minimum absolute atomic E-state index is 0.149. The predicted molar refractivity (Wildman–Crippen MR) is 87.4 cm³/mol. The number of hydrogen-bond acceptors (Lipinski definition) is 4. The molecule has 0 aromatic rings. The van der Waals surface area contributed by atoms with E-state index < -0.39 is 5.54 Å². The fraction of sp³-hybridized carbons (Fsp3) is 0.941. The summed E-state index contributed by atoms with van der Waals surface area (Å²) in [5, 5.41) is 3.28. The predicted octanol–water partition coefficient (Wildman–Crippen LogP) is 2.96. The summed E-state index contributed by atoms with van der Waals surface area (Å²) in [5.74, 6) is -0.149. The minimum atomic E-state index is -0.539. The summed E-state index contributed by atoms with van der Waals surface area (Å²) in [5.41, 5.74) is -0.539. The van der Waals surface area contributed by atoms with Gasteiger partial charge in [0, 0.05) is 12.1 Å². The van der Waals surface area contributed by atoms with Crippen molar-refractivity contribution in [2.45, 2.75) is 83.8 Å². The molecule has 1 rings (SSSR count). The third-order valence-electron chi connectivity index (χ3n) is 4.92. The van der Waals surface area contributed by atoms with Crippen LogP contribution < -0.4 is 5.32 Å². The Hall–Kier alpha value is -0.610. The SMILES string of the molecule is CCNC(C)(CCCCN1[C@H](C)CCC[C@@H]1C)C(=O)OC. The molecule has 1 unspecified atom stereocenters. The zero-order valence-electron chi connectivity index (χ0n) is 14.6. The van der Waals surface area contributed by atoms with Gasteiger partial charge in [-0.15, -0.1) is 0 Å². The van der Waals surface area contributed by atoms with Gasteiger partial charge in [-0.05, 0) is 66.0 Å². The molecule has 0 aromatic heterocycles. The molecule has 1 fully saturated rings. The lowest BCUT2D eigenvalue weighted by molar-refractivity contribution is -0.148. The molecular weight excluding hydrogens is 264 g/mol. The highest BCUT2D eigenvalue weighted by Crippen LogP contribution is 2.23. The number of esters is 1. The summed E-state index contributed by atoms with van der Waals surface area (Å²) >= 11 is 0. The molecule has 1 aliphatic rings. The van der Waals surface area contributed by atoms with Crippen LogP contribution in [-0.4, -0.2) is 48.7 Å². The van der Waals surface area contributed by atoms with E-state index in [0.717, 1.165) is 32.4 Å². The standard InChI is InChI=1S/C17H34N2O2/c1-6-18-17(4,16(20)21-5)12-7-8-13-19-14(2)10-9-11-15(19)3/h14-15,18H,6-13H2,1-5H3/t14-,15+,17?. The van der Waals surface area contributed by atoms with Crippen LogP contribution in [0.15, 0.2) is 0 Å². The summed E-state index contributed by atoms with van der Waals surface area (Å²) in [4.78, 5) is 14.6. The van der Waals surface area contributed by atoms with Crippen molar-refractivity contribution in [1.29, 1.82) is 0 Å². The molecule has 0 bridgehead atoms. The quantitative estimate of drug-likeness (QED) is 0.552. The highest BCUT2D eigenvalue weighted by Gasteiger charge is 2.32. The average molecular weight is 298 g/mol. The van der Waals surface area contributed by atoms with Crippen molar-refractivity contribution in [3.05, 3.63) is 0 Å². The molecule has 124 valence electrons. The largest absolute Gasteiger partial charge is 0.468 e. The van der Waals surface area contributed by atoms with Gasteiger partial charge in [0.05, 0.1) is 7.11 Å². The number of likely N-dealkylation sites (N-methyl/N-ethyl adjacent to an activating group) is 1. The number of ether oxygens (including phenoxy) is 1. The zero-order chi connectivity index (χ0) is 15.9. The molecule has 4 heteroatoms. The number of nitrogens with one attached hydrogen (secondary N) is 1. The van der Waals surface area contributed by atoms with E-state index in [1.165, 1.54) is 26.4 Å². The average Bonchev–Trinajstić information content (AvgIpc) is 2.45. The molecule has 1 N–H and O–H groups in total. The van der Waals surface area contributed by atoms with Gasteiger partial charge in [0.1, 0.15) is 5.54 Å². The number of carbonyl (C=O) groups excluding carboxylic acids is 1. The Bertz CT molecular complexity index is 312. The topological polar surface area (TPSA) is 41.6 Å². The lowest BCUT2D eigenvalue weighted by Gasteiger charge is -2.39. The van der Waals surface area contributed by atoms with E-state index in [2.05, 4.69) is 24.1 Å². The van der Waals surface area contributed by atoms with E-state index in [4.69, 9.17) is 4.74 Å². The Morgan fingerprint density at radius 2 is 1.90 bits per heavy atom. The van der Waals surface area contributed by atoms with Crippen LogP contribution in [0, 0.1) is 0 Å². The van der Waals surface area contributed by atoms with Gasteiger partial charge in [-0.3, -0.25) is 9.69 Å². The molecule has 0 amide bonds. The van der Waals surface area contributed by atoms with Gasteiger partial charge < -0.3 is 10.1 Å². The van der Waals surface area contributed by atoms with Gasteiger partial charge >= 0.3 is 5.97 Å². The molecule has 1 aliphatic heterocycles. The Kier molecular flexibility index (Phi) is 7.67. The van der Waals surface area contributed by atoms with Gasteiger partial charge in [-0.1, -0.05) is 13.3 Å². The Labute approximate surface area is 130 Å². The fourth-order valence-corrected chi connectivity index (χ4v) is 3.57. The van der Waals surface area contributed by atoms with Crippen molar-refractivity contribution in [2.24, 2.45) is 0 Å². The molecule has 21 heavy (non-hydrogen) atoms. The Balaban J connectivity index is 2.38. The number of hydrogen-bond donors (Lipinski definition) is 1. The summed E-state index contributed by atoms with van der Waals surface area (Å²) in [7, 11) is 1.47. The lowest BCUT2D eigenvalue weighted by atomic mass is 9.93. The molecule has 4 nitrogen and oxygen atoms in total. The van der Waals surface area contributed by atoms with E-state index in [9.17, 15) is 4.79 Å². The second-order valence-corrected chi connectivity index (χ2v) is 6.68. The molecule has 0 saturated carbocycles. The second kappa shape index (κ2) is 8.74. The maximum Gasteiger partial charge on any atom is 0.325 e. The number of rotatable bonds is 8. The number of likely N-dealkylation sites (tertiary alicyclic amines) is 1. The van der Waals surface area contributed by atoms with Crippen molar-refractivity contribution in [3.8, 4) is 0 Å². The number of unbranched alkanes of at least 4 members (excludes halogenated alkanes) is 1. The first kappa shape index (κ1) is 18.4. The van der Waals surface area contributed by atoms with Crippen LogP contribution in [0.2, 0.25) is 0 Å². The Morgan fingerprint density at radius 3 is 2.43 bits per heavy atom. The maximum absolute atomic E-state index is 11.9. The summed E-state index contributed by atoms with van der Waals surface area (Å²) < 4.78 is 4.94. The monoisotopic (exact) mass is 298 g/mol. The smallest absolute Gasteiger partial charge is 0.325 e. The number of methoxy groups -OCH3 is 1. The molecule has 0 aliphatic carbocycles. The molecule has 0 spiro atoms. The molecular formula is C17H34N2O2. The minimum Gasteiger partial charge on any atom is -0.468 e. The van der Waals surface area contributed by atoms with Crippen LogP contribution in [0.1, 0.15) is 66.2 Å². The summed E-state index contributed by atoms with van der Waals surface area (Å²) in [6.07, 6.45) is 7.04. The number of piperidine rings is 1. The first-order chi connectivity index (χ1) is 9.94. The van der Waals surface area contributed by atoms with Gasteiger partial charge in [-0.25, -0.2) is 0 Å². The lowest BCUT2D eigenvalue weighted by Crippen LogP contribution is -2.50. The van der Waals surface area contributed by atoms with Crippen LogP contribution in [0.4, 0.5) is 0 Å². The van der Waals surface area contributed by atoms with Gasteiger partial charge in [0.25, 0.3) is 0 Å². The van der Waals surface area contributed by atoms with E-state index in [0.29, 0.717) is 12.1 Å². The van der Waals surface area contributed by atoms with E-state index in [1.54, 1.807) is 0 Å². The maximum atomic E-state index is 11.9. The fourth-order valence-electron chi connectivity index (χ4n) is 3.57. The van der Waals surface area contributed by atoms with Gasteiger partial charge in [0.15, 0.2) is 0 Å². The van der Waals surface area contributed by atoms with Gasteiger partial charge in [-0.2, -0.15) is 0 Å². The van der Waals surface area contributed by atoms with Crippen molar-refractivity contribution < 1.29 is 9.53 Å². The molecule has 1 heterocycles. The normalized spacial score (nSPS) is 26.3. The highest BCUT2D eigenvalue weighted by molar-refractivity contribution is 5.80. The van der Waals surface area contributed by atoms with Crippen LogP contribution in [0.3, 0.4) is 0 Å². The second-order valence-electron chi connectivity index (χ2n) is 6.68. The third-order valence-corrected chi connectivity index (χ3v) is 4.92.